The number of carbonyl (C=O) groups is 5. The molecule has 3 aliphatic heterocycles. The van der Waals surface area contributed by atoms with E-state index in [4.69, 9.17) is 22.9 Å². The number of ether oxygens (including phenoxy) is 1. The Kier molecular flexibility index (Phi) is 12.1. The number of benzene rings is 2. The van der Waals surface area contributed by atoms with Gasteiger partial charge in [-0.2, -0.15) is 0 Å². The van der Waals surface area contributed by atoms with E-state index in [-0.39, 0.29) is 48.9 Å². The SMILES string of the molecule is [C-]#[N+]c1ccc(N2C[C@@H](C)N(C(=O)Nc3ccc(OCCCCCN4CCN(c5ccc6c(c5)C(=O)N(C5CCC(=O)CC5=O)C6=O)CC4)nc3)C[C@@H]2C)cc1Cl. The molecule has 4 aliphatic rings. The largest absolute Gasteiger partial charge is 0.478 e. The van der Waals surface area contributed by atoms with Gasteiger partial charge in [-0.15, -0.1) is 0 Å². The predicted molar refractivity (Wildman–Crippen MR) is 217 cm³/mol. The third-order valence-electron chi connectivity index (χ3n) is 11.4. The number of ketones is 2. The third kappa shape index (κ3) is 8.74. The molecule has 0 bridgehead atoms. The minimum Gasteiger partial charge on any atom is -0.478 e. The van der Waals surface area contributed by atoms with E-state index in [1.54, 1.807) is 36.5 Å². The van der Waals surface area contributed by atoms with Crippen LogP contribution >= 0.6 is 11.6 Å². The van der Waals surface area contributed by atoms with Crippen molar-refractivity contribution in [2.24, 2.45) is 0 Å². The topological polar surface area (TPSA) is 140 Å². The number of carbonyl (C=O) groups excluding carboxylic acids is 5. The monoisotopic (exact) mass is 794 g/mol. The van der Waals surface area contributed by atoms with Crippen LogP contribution in [0.2, 0.25) is 5.02 Å². The number of piperazine rings is 2. The Labute approximate surface area is 337 Å². The van der Waals surface area contributed by atoms with Gasteiger partial charge in [0.2, 0.25) is 11.6 Å². The summed E-state index contributed by atoms with van der Waals surface area (Å²) in [5.74, 6) is -0.916. The molecular formula is C42H47ClN8O6. The summed E-state index contributed by atoms with van der Waals surface area (Å²) in [6.07, 6.45) is 4.71. The van der Waals surface area contributed by atoms with Crippen molar-refractivity contribution < 1.29 is 28.7 Å². The van der Waals surface area contributed by atoms with Crippen molar-refractivity contribution in [2.75, 3.05) is 67.5 Å². The van der Waals surface area contributed by atoms with Crippen molar-refractivity contribution in [2.45, 2.75) is 70.5 Å². The van der Waals surface area contributed by atoms with Gasteiger partial charge in [0, 0.05) is 80.2 Å². The van der Waals surface area contributed by atoms with Gasteiger partial charge >= 0.3 is 6.03 Å². The van der Waals surface area contributed by atoms with Gasteiger partial charge in [0.05, 0.1) is 48.7 Å². The number of hydrogen-bond donors (Lipinski definition) is 1. The maximum atomic E-state index is 13.3. The zero-order chi connectivity index (χ0) is 40.2. The molecule has 2 aromatic carbocycles. The number of hydrogen-bond acceptors (Lipinski definition) is 10. The van der Waals surface area contributed by atoms with Gasteiger partial charge in [0.25, 0.3) is 11.8 Å². The van der Waals surface area contributed by atoms with E-state index in [9.17, 15) is 24.0 Å². The number of amides is 4. The standard InChI is InChI=1S/C42H47ClN8O6/c1-27-26-50(28(2)25-49(27)31-9-12-36(44-3)35(43)22-31)42(56)46-29-7-14-39(45-24-29)57-20-6-4-5-15-47-16-18-48(19-17-47)30-8-11-33-34(21-30)41(55)51(40(33)54)37-13-10-32(52)23-38(37)53/h7-9,11-12,14,21-22,24,27-28,37H,4-6,10,13,15-20,23,25-26H2,1-2H3,(H,46,56)/t27-,28+,37?/m0/s1. The Morgan fingerprint density at radius 2 is 1.68 bits per heavy atom. The number of imide groups is 1. The zero-order valence-corrected chi connectivity index (χ0v) is 33.0. The number of Topliss-reactive ketones (excluding diaryl/α,β-unsaturated/α-hetero) is 2. The Morgan fingerprint density at radius 3 is 2.40 bits per heavy atom. The smallest absolute Gasteiger partial charge is 0.322 e. The first kappa shape index (κ1) is 39.7. The van der Waals surface area contributed by atoms with Crippen LogP contribution < -0.4 is 19.9 Å². The zero-order valence-electron chi connectivity index (χ0n) is 32.3. The molecule has 4 heterocycles. The molecular weight excluding hydrogens is 748 g/mol. The van der Waals surface area contributed by atoms with Gasteiger partial charge in [-0.25, -0.2) is 14.6 Å². The first-order valence-corrected chi connectivity index (χ1v) is 20.0. The summed E-state index contributed by atoms with van der Waals surface area (Å²) in [7, 11) is 0. The van der Waals surface area contributed by atoms with Crippen molar-refractivity contribution in [1.82, 2.24) is 19.7 Å². The number of urea groups is 1. The highest BCUT2D eigenvalue weighted by Crippen LogP contribution is 2.34. The van der Waals surface area contributed by atoms with Crippen LogP contribution in [0.1, 0.15) is 73.1 Å². The summed E-state index contributed by atoms with van der Waals surface area (Å²) in [4.78, 5) is 81.3. The number of pyridine rings is 1. The second-order valence-corrected chi connectivity index (χ2v) is 15.7. The molecule has 3 aromatic rings. The molecule has 15 heteroatoms. The maximum Gasteiger partial charge on any atom is 0.322 e. The van der Waals surface area contributed by atoms with Crippen molar-refractivity contribution in [3.63, 3.8) is 0 Å². The van der Waals surface area contributed by atoms with Gasteiger partial charge in [0.1, 0.15) is 5.78 Å². The number of nitrogens with zero attached hydrogens (tertiary/aromatic N) is 7. The summed E-state index contributed by atoms with van der Waals surface area (Å²) in [5.41, 5.74) is 3.47. The van der Waals surface area contributed by atoms with Crippen LogP contribution in [-0.2, 0) is 9.59 Å². The number of nitrogens with one attached hydrogen (secondary N) is 1. The number of rotatable bonds is 11. The Balaban J connectivity index is 0.787. The highest BCUT2D eigenvalue weighted by atomic mass is 35.5. The van der Waals surface area contributed by atoms with E-state index in [1.807, 2.05) is 30.0 Å². The Hall–Kier alpha value is -5.52. The fourth-order valence-corrected chi connectivity index (χ4v) is 8.37. The second kappa shape index (κ2) is 17.3. The van der Waals surface area contributed by atoms with Crippen molar-refractivity contribution in [1.29, 1.82) is 0 Å². The summed E-state index contributed by atoms with van der Waals surface area (Å²) >= 11 is 6.29. The molecule has 1 aliphatic carbocycles. The summed E-state index contributed by atoms with van der Waals surface area (Å²) in [6, 6.07) is 13.3. The maximum absolute atomic E-state index is 13.3. The van der Waals surface area contributed by atoms with Crippen LogP contribution in [0, 0.1) is 6.57 Å². The number of fused-ring (bicyclic) bond motifs is 1. The van der Waals surface area contributed by atoms with Crippen molar-refractivity contribution in [3.05, 3.63) is 82.3 Å². The average molecular weight is 795 g/mol. The van der Waals surface area contributed by atoms with Crippen LogP contribution in [-0.4, -0.2) is 120 Å². The molecule has 1 unspecified atom stereocenters. The molecule has 1 saturated carbocycles. The lowest BCUT2D eigenvalue weighted by Crippen LogP contribution is -2.59. The predicted octanol–water partition coefficient (Wildman–Crippen LogP) is 6.07. The first-order chi connectivity index (χ1) is 27.5. The van der Waals surface area contributed by atoms with Crippen LogP contribution in [0.5, 0.6) is 5.88 Å². The lowest BCUT2D eigenvalue weighted by atomic mass is 9.92. The summed E-state index contributed by atoms with van der Waals surface area (Å²) in [6.45, 7) is 17.3. The molecule has 1 N–H and O–H groups in total. The minimum atomic E-state index is -0.865. The van der Waals surface area contributed by atoms with Gasteiger partial charge in [0.15, 0.2) is 5.78 Å². The molecule has 4 amide bonds. The van der Waals surface area contributed by atoms with Crippen molar-refractivity contribution >= 4 is 63.8 Å². The molecule has 1 aromatic heterocycles. The fraction of sp³-hybridized carbons (Fsp3) is 0.452. The Morgan fingerprint density at radius 1 is 0.912 bits per heavy atom. The molecule has 2 saturated heterocycles. The number of anilines is 3. The van der Waals surface area contributed by atoms with Crippen molar-refractivity contribution in [3.8, 4) is 5.88 Å². The van der Waals surface area contributed by atoms with E-state index in [2.05, 4.69) is 36.8 Å². The lowest BCUT2D eigenvalue weighted by molar-refractivity contribution is -0.132. The second-order valence-electron chi connectivity index (χ2n) is 15.2. The summed E-state index contributed by atoms with van der Waals surface area (Å²) in [5, 5.41) is 3.39. The molecule has 14 nitrogen and oxygen atoms in total. The molecule has 3 atom stereocenters. The third-order valence-corrected chi connectivity index (χ3v) is 11.7. The minimum absolute atomic E-state index is 0.0524. The molecule has 298 valence electrons. The highest BCUT2D eigenvalue weighted by Gasteiger charge is 2.44. The quantitative estimate of drug-likeness (QED) is 0.105. The molecule has 0 radical (unpaired) electrons. The number of aromatic nitrogens is 1. The number of halogens is 1. The average Bonchev–Trinajstić information content (AvgIpc) is 3.45. The molecule has 57 heavy (non-hydrogen) atoms. The van der Waals surface area contributed by atoms with Gasteiger partial charge < -0.3 is 24.8 Å². The first-order valence-electron chi connectivity index (χ1n) is 19.6. The normalized spacial score (nSPS) is 21.5. The lowest BCUT2D eigenvalue weighted by Gasteiger charge is -2.45. The van der Waals surface area contributed by atoms with Gasteiger partial charge in [-0.3, -0.25) is 29.0 Å². The van der Waals surface area contributed by atoms with E-state index < -0.39 is 17.9 Å². The van der Waals surface area contributed by atoms with E-state index in [0.29, 0.717) is 53.1 Å². The van der Waals surface area contributed by atoms with Crippen LogP contribution in [0.15, 0.2) is 54.7 Å². The molecule has 7 rings (SSSR count). The van der Waals surface area contributed by atoms with E-state index in [1.165, 1.54) is 0 Å². The van der Waals surface area contributed by atoms with Crippen LogP contribution in [0.25, 0.3) is 4.85 Å². The van der Waals surface area contributed by atoms with Crippen LogP contribution in [0.4, 0.5) is 27.5 Å². The van der Waals surface area contributed by atoms with E-state index >= 15 is 0 Å². The fourth-order valence-electron chi connectivity index (χ4n) is 8.15. The summed E-state index contributed by atoms with van der Waals surface area (Å²) < 4.78 is 5.88. The van der Waals surface area contributed by atoms with Gasteiger partial charge in [-0.1, -0.05) is 17.7 Å². The van der Waals surface area contributed by atoms with E-state index in [0.717, 1.165) is 68.3 Å². The molecule has 3 fully saturated rings. The molecule has 0 spiro atoms. The Bertz CT molecular complexity index is 2080. The highest BCUT2D eigenvalue weighted by molar-refractivity contribution is 6.33. The van der Waals surface area contributed by atoms with Crippen LogP contribution in [0.3, 0.4) is 0 Å². The number of unbranched alkanes of at least 4 members (excludes halogenated alkanes) is 2. The van der Waals surface area contributed by atoms with Gasteiger partial charge in [-0.05, 0) is 82.5 Å².